The van der Waals surface area contributed by atoms with Crippen LogP contribution in [-0.2, 0) is 0 Å². The Kier molecular flexibility index (Phi) is 8.20. The molecule has 0 amide bonds. The molecule has 0 saturated carbocycles. The molecule has 114 valence electrons. The number of halogens is 1. The molecular weight excluding hydrogens is 268 g/mol. The molecule has 0 aliphatic heterocycles. The average molecular weight is 297 g/mol. The average Bonchev–Trinajstić information content (AvgIpc) is 2.45. The molecule has 1 N–H and O–H groups in total. The molecule has 0 aliphatic carbocycles. The van der Waals surface area contributed by atoms with E-state index in [1.807, 2.05) is 12.1 Å². The van der Waals surface area contributed by atoms with Crippen molar-refractivity contribution in [1.29, 1.82) is 0 Å². The number of hydrogen-bond donors (Lipinski definition) is 1. The quantitative estimate of drug-likeness (QED) is 0.675. The van der Waals surface area contributed by atoms with Crippen LogP contribution in [0.3, 0.4) is 0 Å². The largest absolute Gasteiger partial charge is 0.315 e. The summed E-state index contributed by atoms with van der Waals surface area (Å²) in [6, 6.07) is 9.16. The van der Waals surface area contributed by atoms with Crippen molar-refractivity contribution in [3.8, 4) is 0 Å². The predicted octanol–water partition coefficient (Wildman–Crippen LogP) is 4.50. The van der Waals surface area contributed by atoms with Crippen LogP contribution >= 0.6 is 11.6 Å². The SMILES string of the molecule is CCCNCC(CCC)N(C)C(C)c1cccc(Cl)c1. The summed E-state index contributed by atoms with van der Waals surface area (Å²) in [6.45, 7) is 8.88. The summed E-state index contributed by atoms with van der Waals surface area (Å²) in [5, 5.41) is 4.37. The zero-order valence-electron chi connectivity index (χ0n) is 13.3. The molecule has 2 unspecified atom stereocenters. The van der Waals surface area contributed by atoms with Gasteiger partial charge in [-0.05, 0) is 51.1 Å². The highest BCUT2D eigenvalue weighted by Gasteiger charge is 2.20. The van der Waals surface area contributed by atoms with Crippen LogP contribution in [0.4, 0.5) is 0 Å². The van der Waals surface area contributed by atoms with Gasteiger partial charge in [-0.2, -0.15) is 0 Å². The molecule has 0 saturated heterocycles. The molecule has 0 aliphatic rings. The zero-order chi connectivity index (χ0) is 15.0. The first-order chi connectivity index (χ1) is 9.60. The summed E-state index contributed by atoms with van der Waals surface area (Å²) >= 11 is 6.11. The van der Waals surface area contributed by atoms with E-state index in [0.29, 0.717) is 12.1 Å². The minimum absolute atomic E-state index is 0.383. The van der Waals surface area contributed by atoms with E-state index in [0.717, 1.165) is 18.1 Å². The fourth-order valence-electron chi connectivity index (χ4n) is 2.55. The smallest absolute Gasteiger partial charge is 0.0409 e. The first-order valence-electron chi connectivity index (χ1n) is 7.78. The highest BCUT2D eigenvalue weighted by Crippen LogP contribution is 2.24. The fourth-order valence-corrected chi connectivity index (χ4v) is 2.74. The van der Waals surface area contributed by atoms with E-state index < -0.39 is 0 Å². The Morgan fingerprint density at radius 2 is 2.00 bits per heavy atom. The second kappa shape index (κ2) is 9.38. The number of hydrogen-bond acceptors (Lipinski definition) is 2. The highest BCUT2D eigenvalue weighted by molar-refractivity contribution is 6.30. The van der Waals surface area contributed by atoms with E-state index in [-0.39, 0.29) is 0 Å². The molecule has 0 bridgehead atoms. The summed E-state index contributed by atoms with van der Waals surface area (Å²) in [6.07, 6.45) is 3.62. The Morgan fingerprint density at radius 3 is 2.60 bits per heavy atom. The van der Waals surface area contributed by atoms with E-state index in [9.17, 15) is 0 Å². The molecule has 0 fully saturated rings. The maximum absolute atomic E-state index is 6.11. The Balaban J connectivity index is 2.69. The zero-order valence-corrected chi connectivity index (χ0v) is 14.1. The van der Waals surface area contributed by atoms with Gasteiger partial charge in [0, 0.05) is 23.7 Å². The normalized spacial score (nSPS) is 14.5. The number of benzene rings is 1. The Morgan fingerprint density at radius 1 is 1.25 bits per heavy atom. The highest BCUT2D eigenvalue weighted by atomic mass is 35.5. The van der Waals surface area contributed by atoms with E-state index in [1.54, 1.807) is 0 Å². The van der Waals surface area contributed by atoms with Crippen LogP contribution in [0, 0.1) is 0 Å². The minimum Gasteiger partial charge on any atom is -0.315 e. The lowest BCUT2D eigenvalue weighted by Gasteiger charge is -2.33. The molecule has 0 heterocycles. The summed E-state index contributed by atoms with van der Waals surface area (Å²) in [4.78, 5) is 2.47. The van der Waals surface area contributed by atoms with E-state index in [4.69, 9.17) is 11.6 Å². The summed E-state index contributed by atoms with van der Waals surface area (Å²) in [5.74, 6) is 0. The van der Waals surface area contributed by atoms with Crippen molar-refractivity contribution in [3.63, 3.8) is 0 Å². The molecule has 1 aromatic carbocycles. The lowest BCUT2D eigenvalue weighted by Crippen LogP contribution is -2.41. The summed E-state index contributed by atoms with van der Waals surface area (Å²) in [5.41, 5.74) is 1.29. The van der Waals surface area contributed by atoms with Crippen LogP contribution < -0.4 is 5.32 Å². The number of nitrogens with zero attached hydrogens (tertiary/aromatic N) is 1. The molecule has 1 aromatic rings. The number of nitrogens with one attached hydrogen (secondary N) is 1. The Labute approximate surface area is 129 Å². The van der Waals surface area contributed by atoms with Crippen LogP contribution in [0.25, 0.3) is 0 Å². The topological polar surface area (TPSA) is 15.3 Å². The first kappa shape index (κ1) is 17.5. The van der Waals surface area contributed by atoms with E-state index in [2.05, 4.69) is 50.2 Å². The maximum atomic E-state index is 6.11. The molecule has 0 radical (unpaired) electrons. The molecule has 1 rings (SSSR count). The van der Waals surface area contributed by atoms with Crippen LogP contribution in [0.5, 0.6) is 0 Å². The summed E-state index contributed by atoms with van der Waals surface area (Å²) in [7, 11) is 2.22. The third-order valence-electron chi connectivity index (χ3n) is 3.95. The molecular formula is C17H29ClN2. The molecule has 2 atom stereocenters. The maximum Gasteiger partial charge on any atom is 0.0409 e. The van der Waals surface area contributed by atoms with Gasteiger partial charge < -0.3 is 5.32 Å². The van der Waals surface area contributed by atoms with Gasteiger partial charge in [-0.25, -0.2) is 0 Å². The molecule has 2 nitrogen and oxygen atoms in total. The van der Waals surface area contributed by atoms with Gasteiger partial charge in [-0.3, -0.25) is 4.90 Å². The van der Waals surface area contributed by atoms with Gasteiger partial charge in [0.2, 0.25) is 0 Å². The van der Waals surface area contributed by atoms with Crippen LogP contribution in [0.15, 0.2) is 24.3 Å². The van der Waals surface area contributed by atoms with Gasteiger partial charge in [0.05, 0.1) is 0 Å². The number of rotatable bonds is 9. The molecule has 0 spiro atoms. The third-order valence-corrected chi connectivity index (χ3v) is 4.18. The van der Waals surface area contributed by atoms with Crippen molar-refractivity contribution < 1.29 is 0 Å². The Hall–Kier alpha value is -0.570. The molecule has 3 heteroatoms. The lowest BCUT2D eigenvalue weighted by molar-refractivity contribution is 0.171. The van der Waals surface area contributed by atoms with Gasteiger partial charge in [-0.15, -0.1) is 0 Å². The number of likely N-dealkylation sites (N-methyl/N-ethyl adjacent to an activating group) is 1. The van der Waals surface area contributed by atoms with Crippen LogP contribution in [0.2, 0.25) is 5.02 Å². The second-order valence-corrected chi connectivity index (χ2v) is 5.98. The van der Waals surface area contributed by atoms with Gasteiger partial charge in [0.25, 0.3) is 0 Å². The van der Waals surface area contributed by atoms with Crippen LogP contribution in [-0.4, -0.2) is 31.1 Å². The van der Waals surface area contributed by atoms with Gasteiger partial charge >= 0.3 is 0 Å². The van der Waals surface area contributed by atoms with Crippen molar-refractivity contribution in [2.24, 2.45) is 0 Å². The van der Waals surface area contributed by atoms with E-state index in [1.165, 1.54) is 24.8 Å². The van der Waals surface area contributed by atoms with Crippen molar-refractivity contribution >= 4 is 11.6 Å². The summed E-state index contributed by atoms with van der Waals surface area (Å²) < 4.78 is 0. The van der Waals surface area contributed by atoms with Crippen LogP contribution in [0.1, 0.15) is 51.6 Å². The lowest BCUT2D eigenvalue weighted by atomic mass is 10.0. The Bertz CT molecular complexity index is 381. The van der Waals surface area contributed by atoms with Crippen molar-refractivity contribution in [1.82, 2.24) is 10.2 Å². The third kappa shape index (κ3) is 5.43. The molecule has 0 aromatic heterocycles. The predicted molar refractivity (Wildman–Crippen MR) is 89.5 cm³/mol. The van der Waals surface area contributed by atoms with E-state index >= 15 is 0 Å². The first-order valence-corrected chi connectivity index (χ1v) is 8.16. The fraction of sp³-hybridized carbons (Fsp3) is 0.647. The second-order valence-electron chi connectivity index (χ2n) is 5.54. The molecule has 20 heavy (non-hydrogen) atoms. The van der Waals surface area contributed by atoms with Crippen molar-refractivity contribution in [2.45, 2.75) is 52.1 Å². The monoisotopic (exact) mass is 296 g/mol. The van der Waals surface area contributed by atoms with Gasteiger partial charge in [-0.1, -0.05) is 44.0 Å². The minimum atomic E-state index is 0.383. The van der Waals surface area contributed by atoms with Gasteiger partial charge in [0.15, 0.2) is 0 Å². The standard InChI is InChI=1S/C17H29ClN2/c1-5-8-17(13-19-11-6-2)20(4)14(3)15-9-7-10-16(18)12-15/h7,9-10,12,14,17,19H,5-6,8,11,13H2,1-4H3. The van der Waals surface area contributed by atoms with Crippen molar-refractivity contribution in [3.05, 3.63) is 34.9 Å². The van der Waals surface area contributed by atoms with Crippen molar-refractivity contribution in [2.75, 3.05) is 20.1 Å². The van der Waals surface area contributed by atoms with Gasteiger partial charge in [0.1, 0.15) is 0 Å².